The molecule has 0 atom stereocenters. The first-order chi connectivity index (χ1) is 9.26. The van der Waals surface area contributed by atoms with Gasteiger partial charge >= 0.3 is 0 Å². The monoisotopic (exact) mass is 259 g/mol. The number of benzene rings is 1. The number of aryl methyl sites for hydroxylation is 1. The van der Waals surface area contributed by atoms with E-state index >= 15 is 0 Å². The van der Waals surface area contributed by atoms with Crippen molar-refractivity contribution in [3.8, 4) is 5.75 Å². The number of hydrogen-bond donors (Lipinski definition) is 1. The molecule has 0 saturated heterocycles. The lowest BCUT2D eigenvalue weighted by Gasteiger charge is -2.05. The maximum Gasteiger partial charge on any atom is 0.119 e. The molecule has 0 aliphatic heterocycles. The molecule has 0 aromatic heterocycles. The molecule has 0 saturated carbocycles. The molecule has 0 aliphatic rings. The Hall–Kier alpha value is -1.70. The molecule has 19 heavy (non-hydrogen) atoms. The van der Waals surface area contributed by atoms with Crippen LogP contribution in [0, 0.1) is 6.92 Å². The fourth-order valence-corrected chi connectivity index (χ4v) is 1.71. The van der Waals surface area contributed by atoms with E-state index in [2.05, 4.69) is 43.4 Å². The minimum absolute atomic E-state index is 0.768. The second kappa shape index (κ2) is 9.26. The van der Waals surface area contributed by atoms with E-state index in [9.17, 15) is 0 Å². The van der Waals surface area contributed by atoms with Crippen molar-refractivity contribution in [3.63, 3.8) is 0 Å². The van der Waals surface area contributed by atoms with E-state index in [-0.39, 0.29) is 0 Å². The molecule has 1 aromatic carbocycles. The van der Waals surface area contributed by atoms with E-state index in [0.29, 0.717) is 0 Å². The van der Waals surface area contributed by atoms with Gasteiger partial charge in [0.1, 0.15) is 5.75 Å². The summed E-state index contributed by atoms with van der Waals surface area (Å²) < 4.78 is 5.68. The number of ether oxygens (including phenoxy) is 1. The lowest BCUT2D eigenvalue weighted by Crippen LogP contribution is -1.96. The number of hydrogen-bond acceptors (Lipinski definition) is 2. The molecule has 104 valence electrons. The van der Waals surface area contributed by atoms with Crippen molar-refractivity contribution in [1.29, 1.82) is 0 Å². The average molecular weight is 259 g/mol. The quantitative estimate of drug-likeness (QED) is 0.557. The topological polar surface area (TPSA) is 21.3 Å². The van der Waals surface area contributed by atoms with Crippen LogP contribution < -0.4 is 10.1 Å². The van der Waals surface area contributed by atoms with Crippen molar-refractivity contribution in [2.45, 2.75) is 33.1 Å². The largest absolute Gasteiger partial charge is 0.494 e. The van der Waals surface area contributed by atoms with Gasteiger partial charge in [-0.3, -0.25) is 0 Å². The summed E-state index contributed by atoms with van der Waals surface area (Å²) in [7, 11) is 1.93. The van der Waals surface area contributed by atoms with Crippen LogP contribution in [0.1, 0.15) is 31.7 Å². The average Bonchev–Trinajstić information content (AvgIpc) is 2.43. The Morgan fingerprint density at radius 1 is 1.26 bits per heavy atom. The van der Waals surface area contributed by atoms with Gasteiger partial charge in [0.2, 0.25) is 0 Å². The Morgan fingerprint density at radius 3 is 2.63 bits per heavy atom. The number of nitrogens with one attached hydrogen (secondary N) is 1. The fraction of sp³-hybridized carbons (Fsp3) is 0.412. The summed E-state index contributed by atoms with van der Waals surface area (Å²) in [6.45, 7) is 5.01. The number of rotatable bonds is 8. The predicted molar refractivity (Wildman–Crippen MR) is 82.5 cm³/mol. The van der Waals surface area contributed by atoms with E-state index in [1.54, 1.807) is 0 Å². The van der Waals surface area contributed by atoms with E-state index in [0.717, 1.165) is 31.6 Å². The number of unbranched alkanes of at least 4 members (excludes halogenated alkanes) is 1. The lowest BCUT2D eigenvalue weighted by atomic mass is 10.2. The highest BCUT2D eigenvalue weighted by atomic mass is 16.5. The summed E-state index contributed by atoms with van der Waals surface area (Å²) in [6, 6.07) is 8.20. The summed E-state index contributed by atoms with van der Waals surface area (Å²) in [6.07, 6.45) is 9.58. The Morgan fingerprint density at radius 2 is 2.00 bits per heavy atom. The second-order valence-corrected chi connectivity index (χ2v) is 4.57. The van der Waals surface area contributed by atoms with Crippen molar-refractivity contribution >= 4 is 0 Å². The molecule has 1 N–H and O–H groups in total. The van der Waals surface area contributed by atoms with E-state index < -0.39 is 0 Å². The third kappa shape index (κ3) is 6.70. The van der Waals surface area contributed by atoms with Gasteiger partial charge in [0.25, 0.3) is 0 Å². The van der Waals surface area contributed by atoms with Crippen LogP contribution in [0.3, 0.4) is 0 Å². The minimum atomic E-state index is 0.768. The summed E-state index contributed by atoms with van der Waals surface area (Å²) in [5, 5.41) is 3.06. The van der Waals surface area contributed by atoms with E-state index in [1.165, 1.54) is 11.1 Å². The highest BCUT2D eigenvalue weighted by Crippen LogP contribution is 2.12. The second-order valence-electron chi connectivity index (χ2n) is 4.57. The van der Waals surface area contributed by atoms with Crippen LogP contribution >= 0.6 is 0 Å². The van der Waals surface area contributed by atoms with E-state index in [1.807, 2.05) is 25.4 Å². The minimum Gasteiger partial charge on any atom is -0.494 e. The summed E-state index contributed by atoms with van der Waals surface area (Å²) in [5.74, 6) is 0.957. The lowest BCUT2D eigenvalue weighted by molar-refractivity contribution is 0.312. The van der Waals surface area contributed by atoms with Crippen molar-refractivity contribution in [1.82, 2.24) is 5.32 Å². The Labute approximate surface area is 117 Å². The summed E-state index contributed by atoms with van der Waals surface area (Å²) >= 11 is 0. The van der Waals surface area contributed by atoms with Gasteiger partial charge in [-0.25, -0.2) is 0 Å². The van der Waals surface area contributed by atoms with Crippen molar-refractivity contribution in [2.75, 3.05) is 13.7 Å². The molecule has 0 aliphatic carbocycles. The molecule has 0 unspecified atom stereocenters. The highest BCUT2D eigenvalue weighted by molar-refractivity contribution is 5.26. The van der Waals surface area contributed by atoms with Crippen molar-refractivity contribution < 1.29 is 4.74 Å². The molecule has 0 spiro atoms. The molecule has 2 heteroatoms. The van der Waals surface area contributed by atoms with Gasteiger partial charge in [0.15, 0.2) is 0 Å². The Balaban J connectivity index is 2.19. The fourth-order valence-electron chi connectivity index (χ4n) is 1.71. The highest BCUT2D eigenvalue weighted by Gasteiger charge is 1.92. The zero-order chi connectivity index (χ0) is 13.9. The van der Waals surface area contributed by atoms with Crippen LogP contribution in [0.25, 0.3) is 0 Å². The maximum atomic E-state index is 5.68. The first-order valence-electron chi connectivity index (χ1n) is 6.98. The van der Waals surface area contributed by atoms with Crippen LogP contribution in [0.2, 0.25) is 0 Å². The Kier molecular flexibility index (Phi) is 7.48. The SMILES string of the molecule is CCC(/C=C\CCCOc1ccc(C)cc1)=C/NC. The molecule has 0 amide bonds. The van der Waals surface area contributed by atoms with Gasteiger partial charge in [-0.1, -0.05) is 36.8 Å². The number of allylic oxidation sites excluding steroid dienone is 3. The summed E-state index contributed by atoms with van der Waals surface area (Å²) in [5.41, 5.74) is 2.58. The standard InChI is InChI=1S/C17H25NO/c1-4-16(14-18-3)8-6-5-7-13-19-17-11-9-15(2)10-12-17/h6,8-12,14,18H,4-5,7,13H2,1-3H3/b8-6-,16-14-. The molecule has 1 rings (SSSR count). The van der Waals surface area contributed by atoms with E-state index in [4.69, 9.17) is 4.74 Å². The van der Waals surface area contributed by atoms with Gasteiger partial charge in [0.05, 0.1) is 6.61 Å². The summed E-state index contributed by atoms with van der Waals surface area (Å²) in [4.78, 5) is 0. The Bertz CT molecular complexity index is 404. The molecular weight excluding hydrogens is 234 g/mol. The molecule has 0 heterocycles. The molecule has 1 aromatic rings. The van der Waals surface area contributed by atoms with Crippen LogP contribution in [-0.2, 0) is 0 Å². The first-order valence-corrected chi connectivity index (χ1v) is 6.98. The van der Waals surface area contributed by atoms with Gasteiger partial charge < -0.3 is 10.1 Å². The zero-order valence-electron chi connectivity index (χ0n) is 12.3. The predicted octanol–water partition coefficient (Wildman–Crippen LogP) is 4.22. The van der Waals surface area contributed by atoms with Gasteiger partial charge in [-0.15, -0.1) is 0 Å². The van der Waals surface area contributed by atoms with Crippen LogP contribution in [0.4, 0.5) is 0 Å². The smallest absolute Gasteiger partial charge is 0.119 e. The molecule has 0 fully saturated rings. The first kappa shape index (κ1) is 15.4. The molecule has 0 radical (unpaired) electrons. The third-order valence-electron chi connectivity index (χ3n) is 2.87. The molecule has 2 nitrogen and oxygen atoms in total. The van der Waals surface area contributed by atoms with Crippen molar-refractivity contribution in [3.05, 3.63) is 53.8 Å². The molecule has 0 bridgehead atoms. The molecular formula is C17H25NO. The van der Waals surface area contributed by atoms with Crippen LogP contribution in [-0.4, -0.2) is 13.7 Å². The van der Waals surface area contributed by atoms with Gasteiger partial charge in [0, 0.05) is 7.05 Å². The van der Waals surface area contributed by atoms with Crippen LogP contribution in [0.15, 0.2) is 48.2 Å². The van der Waals surface area contributed by atoms with Crippen molar-refractivity contribution in [2.24, 2.45) is 0 Å². The third-order valence-corrected chi connectivity index (χ3v) is 2.87. The van der Waals surface area contributed by atoms with Gasteiger partial charge in [-0.2, -0.15) is 0 Å². The zero-order valence-corrected chi connectivity index (χ0v) is 12.3. The van der Waals surface area contributed by atoms with Crippen LogP contribution in [0.5, 0.6) is 5.75 Å². The van der Waals surface area contributed by atoms with Gasteiger partial charge in [-0.05, 0) is 50.1 Å². The normalized spacial score (nSPS) is 11.8. The maximum absolute atomic E-state index is 5.68.